The van der Waals surface area contributed by atoms with Crippen molar-refractivity contribution in [1.82, 2.24) is 5.32 Å². The van der Waals surface area contributed by atoms with Gasteiger partial charge >= 0.3 is 0 Å². The average Bonchev–Trinajstić information content (AvgIpc) is 2.67. The lowest BCUT2D eigenvalue weighted by Gasteiger charge is -2.19. The summed E-state index contributed by atoms with van der Waals surface area (Å²) in [5.74, 6) is 0.341. The van der Waals surface area contributed by atoms with Gasteiger partial charge in [-0.15, -0.1) is 0 Å². The Balaban J connectivity index is 1.97. The van der Waals surface area contributed by atoms with Crippen LogP contribution in [-0.2, 0) is 10.0 Å². The van der Waals surface area contributed by atoms with Gasteiger partial charge in [0.1, 0.15) is 0 Å². The number of benzene rings is 2. The maximum atomic E-state index is 12.4. The van der Waals surface area contributed by atoms with Gasteiger partial charge in [0.15, 0.2) is 11.5 Å². The number of hydrogen-bond acceptors (Lipinski definition) is 5. The van der Waals surface area contributed by atoms with E-state index in [4.69, 9.17) is 9.47 Å². The van der Waals surface area contributed by atoms with Crippen LogP contribution in [0, 0.1) is 0 Å². The highest BCUT2D eigenvalue weighted by Gasteiger charge is 2.19. The zero-order valence-electron chi connectivity index (χ0n) is 14.9. The van der Waals surface area contributed by atoms with Crippen molar-refractivity contribution >= 4 is 21.6 Å². The van der Waals surface area contributed by atoms with Crippen LogP contribution in [0.2, 0.25) is 0 Å². The largest absolute Gasteiger partial charge is 0.493 e. The van der Waals surface area contributed by atoms with E-state index in [0.29, 0.717) is 22.7 Å². The molecule has 0 heterocycles. The Bertz CT molecular complexity index is 853. The van der Waals surface area contributed by atoms with Crippen LogP contribution < -0.4 is 19.1 Å². The van der Waals surface area contributed by atoms with Gasteiger partial charge in [-0.1, -0.05) is 18.2 Å². The molecule has 0 unspecified atom stereocenters. The van der Waals surface area contributed by atoms with Crippen LogP contribution in [-0.4, -0.2) is 47.9 Å². The van der Waals surface area contributed by atoms with Gasteiger partial charge in [0, 0.05) is 19.2 Å². The zero-order valence-corrected chi connectivity index (χ0v) is 15.7. The molecular weight excluding hydrogens is 356 g/mol. The predicted molar refractivity (Wildman–Crippen MR) is 101 cm³/mol. The van der Waals surface area contributed by atoms with Crippen LogP contribution in [0.5, 0.6) is 11.5 Å². The molecule has 140 valence electrons. The Kier molecular flexibility index (Phi) is 6.46. The van der Waals surface area contributed by atoms with Gasteiger partial charge in [-0.3, -0.25) is 9.10 Å². The summed E-state index contributed by atoms with van der Waals surface area (Å²) in [4.78, 5) is 12.2. The van der Waals surface area contributed by atoms with Crippen molar-refractivity contribution in [3.8, 4) is 11.5 Å². The predicted octanol–water partition coefficient (Wildman–Crippen LogP) is 1.90. The first-order chi connectivity index (χ1) is 12.4. The summed E-state index contributed by atoms with van der Waals surface area (Å²) in [6.07, 6.45) is 0. The number of amides is 1. The minimum absolute atomic E-state index is 0.00726. The van der Waals surface area contributed by atoms with Crippen LogP contribution in [0.4, 0.5) is 5.69 Å². The van der Waals surface area contributed by atoms with Crippen molar-refractivity contribution in [2.45, 2.75) is 0 Å². The number of carbonyl (C=O) groups excluding carboxylic acids is 1. The van der Waals surface area contributed by atoms with Crippen molar-refractivity contribution in [1.29, 1.82) is 0 Å². The minimum Gasteiger partial charge on any atom is -0.493 e. The van der Waals surface area contributed by atoms with Gasteiger partial charge in [-0.05, 0) is 30.3 Å². The average molecular weight is 378 g/mol. The van der Waals surface area contributed by atoms with E-state index >= 15 is 0 Å². The van der Waals surface area contributed by atoms with E-state index in [0.717, 1.165) is 0 Å². The summed E-state index contributed by atoms with van der Waals surface area (Å²) in [5.41, 5.74) is 0.926. The second-order valence-electron chi connectivity index (χ2n) is 5.44. The van der Waals surface area contributed by atoms with Gasteiger partial charge in [-0.25, -0.2) is 8.42 Å². The number of nitrogens with one attached hydrogen (secondary N) is 1. The molecule has 0 saturated heterocycles. The van der Waals surface area contributed by atoms with Gasteiger partial charge in [0.05, 0.1) is 25.7 Å². The first-order valence-corrected chi connectivity index (χ1v) is 9.52. The summed E-state index contributed by atoms with van der Waals surface area (Å²) < 4.78 is 36.2. The van der Waals surface area contributed by atoms with Crippen LogP contribution >= 0.6 is 0 Å². The second kappa shape index (κ2) is 8.57. The third-order valence-corrected chi connectivity index (χ3v) is 5.59. The smallest absolute Gasteiger partial charge is 0.251 e. The van der Waals surface area contributed by atoms with Crippen LogP contribution in [0.1, 0.15) is 10.4 Å². The quantitative estimate of drug-likeness (QED) is 0.758. The molecule has 0 aromatic heterocycles. The topological polar surface area (TPSA) is 84.9 Å². The number of rotatable bonds is 8. The third kappa shape index (κ3) is 4.66. The zero-order chi connectivity index (χ0) is 19.2. The van der Waals surface area contributed by atoms with Gasteiger partial charge in [0.2, 0.25) is 10.0 Å². The molecule has 26 heavy (non-hydrogen) atoms. The fourth-order valence-electron chi connectivity index (χ4n) is 2.31. The van der Waals surface area contributed by atoms with Crippen LogP contribution in [0.15, 0.2) is 48.5 Å². The third-order valence-electron chi connectivity index (χ3n) is 3.83. The summed E-state index contributed by atoms with van der Waals surface area (Å²) >= 11 is 0. The first kappa shape index (κ1) is 19.6. The lowest BCUT2D eigenvalue weighted by molar-refractivity contribution is 0.0955. The lowest BCUT2D eigenvalue weighted by Crippen LogP contribution is -2.35. The van der Waals surface area contributed by atoms with Crippen molar-refractivity contribution in [2.75, 3.05) is 37.9 Å². The molecule has 0 aliphatic carbocycles. The monoisotopic (exact) mass is 378 g/mol. The van der Waals surface area contributed by atoms with E-state index in [1.807, 2.05) is 6.07 Å². The fourth-order valence-corrected chi connectivity index (χ4v) is 3.39. The van der Waals surface area contributed by atoms with E-state index in [-0.39, 0.29) is 18.2 Å². The number of hydrogen-bond donors (Lipinski definition) is 1. The number of methoxy groups -OCH3 is 2. The van der Waals surface area contributed by atoms with Crippen LogP contribution in [0.3, 0.4) is 0 Å². The highest BCUT2D eigenvalue weighted by molar-refractivity contribution is 7.92. The van der Waals surface area contributed by atoms with Gasteiger partial charge in [0.25, 0.3) is 5.91 Å². The van der Waals surface area contributed by atoms with Crippen molar-refractivity contribution in [3.63, 3.8) is 0 Å². The molecule has 0 atom stereocenters. The van der Waals surface area contributed by atoms with Crippen molar-refractivity contribution in [3.05, 3.63) is 54.1 Å². The molecule has 1 amide bonds. The molecule has 1 N–H and O–H groups in total. The molecule has 8 heteroatoms. The number of anilines is 1. The first-order valence-electron chi connectivity index (χ1n) is 7.91. The van der Waals surface area contributed by atoms with Crippen molar-refractivity contribution < 1.29 is 22.7 Å². The molecule has 0 saturated carbocycles. The normalized spacial score (nSPS) is 10.9. The Hall–Kier alpha value is -2.74. The molecular formula is C18H22N2O5S. The molecule has 7 nitrogen and oxygen atoms in total. The maximum Gasteiger partial charge on any atom is 0.251 e. The standard InChI is InChI=1S/C18H22N2O5S/c1-20(15-7-5-4-6-8-15)26(22,23)12-11-19-18(21)14-9-10-16(24-2)17(13-14)25-3/h4-10,13H,11-12H2,1-3H3,(H,19,21). The van der Waals surface area contributed by atoms with Crippen LogP contribution in [0.25, 0.3) is 0 Å². The Labute approximate surface area is 153 Å². The Morgan fingerprint density at radius 1 is 1.04 bits per heavy atom. The number of sulfonamides is 1. The summed E-state index contributed by atoms with van der Waals surface area (Å²) in [6.45, 7) is -0.00726. The van der Waals surface area contributed by atoms with E-state index in [1.54, 1.807) is 42.5 Å². The van der Waals surface area contributed by atoms with E-state index < -0.39 is 10.0 Å². The molecule has 0 aliphatic rings. The number of para-hydroxylation sites is 1. The maximum absolute atomic E-state index is 12.4. The molecule has 2 aromatic rings. The highest BCUT2D eigenvalue weighted by atomic mass is 32.2. The Morgan fingerprint density at radius 2 is 1.69 bits per heavy atom. The summed E-state index contributed by atoms with van der Waals surface area (Å²) in [6, 6.07) is 13.5. The number of carbonyl (C=O) groups is 1. The van der Waals surface area contributed by atoms with Gasteiger partial charge < -0.3 is 14.8 Å². The van der Waals surface area contributed by atoms with E-state index in [1.165, 1.54) is 25.6 Å². The molecule has 0 spiro atoms. The molecule has 2 aromatic carbocycles. The molecule has 0 aliphatic heterocycles. The molecule has 0 fully saturated rings. The van der Waals surface area contributed by atoms with E-state index in [9.17, 15) is 13.2 Å². The molecule has 0 radical (unpaired) electrons. The minimum atomic E-state index is -3.54. The van der Waals surface area contributed by atoms with E-state index in [2.05, 4.69) is 5.32 Å². The molecule has 0 bridgehead atoms. The second-order valence-corrected chi connectivity index (χ2v) is 7.56. The van der Waals surface area contributed by atoms with Crippen molar-refractivity contribution in [2.24, 2.45) is 0 Å². The Morgan fingerprint density at radius 3 is 2.31 bits per heavy atom. The molecule has 2 rings (SSSR count). The number of ether oxygens (including phenoxy) is 2. The summed E-state index contributed by atoms with van der Waals surface area (Å²) in [7, 11) is 0.930. The summed E-state index contributed by atoms with van der Waals surface area (Å²) in [5, 5.41) is 2.61. The SMILES string of the molecule is COc1ccc(C(=O)NCCS(=O)(=O)N(C)c2ccccc2)cc1OC. The highest BCUT2D eigenvalue weighted by Crippen LogP contribution is 2.27. The lowest BCUT2D eigenvalue weighted by atomic mass is 10.2. The fraction of sp³-hybridized carbons (Fsp3) is 0.278. The number of nitrogens with zero attached hydrogens (tertiary/aromatic N) is 1. The van der Waals surface area contributed by atoms with Gasteiger partial charge in [-0.2, -0.15) is 0 Å².